The molecule has 1 atom stereocenters. The maximum atomic E-state index is 12.6. The zero-order valence-corrected chi connectivity index (χ0v) is 16.8. The van der Waals surface area contributed by atoms with Crippen LogP contribution in [0.4, 0.5) is 4.79 Å². The van der Waals surface area contributed by atoms with Crippen molar-refractivity contribution in [3.05, 3.63) is 69.8 Å². The molecule has 0 aromatic heterocycles. The van der Waals surface area contributed by atoms with Crippen LogP contribution >= 0.6 is 15.9 Å². The highest BCUT2D eigenvalue weighted by Gasteiger charge is 2.33. The van der Waals surface area contributed by atoms with Crippen molar-refractivity contribution >= 4 is 33.9 Å². The number of nitrogens with zero attached hydrogens (tertiary/aromatic N) is 1. The summed E-state index contributed by atoms with van der Waals surface area (Å²) < 4.78 is 6.70. The second-order valence-corrected chi connectivity index (χ2v) is 7.33. The predicted octanol–water partition coefficient (Wildman–Crippen LogP) is 4.72. The van der Waals surface area contributed by atoms with E-state index in [1.807, 2.05) is 55.5 Å². The highest BCUT2D eigenvalue weighted by molar-refractivity contribution is 9.10. The Morgan fingerprint density at radius 2 is 1.78 bits per heavy atom. The van der Waals surface area contributed by atoms with Crippen molar-refractivity contribution in [3.8, 4) is 5.75 Å². The minimum atomic E-state index is -0.411. The monoisotopic (exact) mass is 428 g/mol. The standard InChI is InChI=1S/C21H21BrN2O3/c1-3-14(2)27-18-10-6-15(7-11-18)12-19-20(25)24(21(26)23-19)13-16-4-8-17(22)9-5-16/h4-12,14H,3,13H2,1-2H3,(H,23,26)/b19-12+/t14-/m1/s1. The molecule has 1 aliphatic rings. The number of urea groups is 1. The topological polar surface area (TPSA) is 58.6 Å². The Labute approximate surface area is 167 Å². The van der Waals surface area contributed by atoms with Gasteiger partial charge in [-0.3, -0.25) is 9.69 Å². The van der Waals surface area contributed by atoms with E-state index in [9.17, 15) is 9.59 Å². The Morgan fingerprint density at radius 3 is 2.41 bits per heavy atom. The van der Waals surface area contributed by atoms with E-state index in [0.717, 1.165) is 27.8 Å². The van der Waals surface area contributed by atoms with Crippen molar-refractivity contribution in [1.29, 1.82) is 0 Å². The van der Waals surface area contributed by atoms with E-state index in [1.165, 1.54) is 4.90 Å². The van der Waals surface area contributed by atoms with Crippen LogP contribution in [0, 0.1) is 0 Å². The number of benzene rings is 2. The number of ether oxygens (including phenoxy) is 1. The van der Waals surface area contributed by atoms with Gasteiger partial charge in [0.1, 0.15) is 11.4 Å². The molecule has 3 amide bonds. The van der Waals surface area contributed by atoms with Gasteiger partial charge in [-0.05, 0) is 54.8 Å². The van der Waals surface area contributed by atoms with Gasteiger partial charge in [-0.2, -0.15) is 0 Å². The molecule has 3 rings (SSSR count). The average molecular weight is 429 g/mol. The Hall–Kier alpha value is -2.60. The van der Waals surface area contributed by atoms with Crippen molar-refractivity contribution < 1.29 is 14.3 Å². The SMILES string of the molecule is CC[C@@H](C)Oc1ccc(/C=C2/NC(=O)N(Cc3ccc(Br)cc3)C2=O)cc1. The number of hydrogen-bond acceptors (Lipinski definition) is 3. The average Bonchev–Trinajstić information content (AvgIpc) is 2.92. The van der Waals surface area contributed by atoms with Gasteiger partial charge in [0.05, 0.1) is 12.6 Å². The van der Waals surface area contributed by atoms with E-state index in [4.69, 9.17) is 4.74 Å². The number of amides is 3. The highest BCUT2D eigenvalue weighted by atomic mass is 79.9. The molecule has 1 N–H and O–H groups in total. The van der Waals surface area contributed by atoms with Gasteiger partial charge in [0.15, 0.2) is 0 Å². The van der Waals surface area contributed by atoms with E-state index in [0.29, 0.717) is 0 Å². The summed E-state index contributed by atoms with van der Waals surface area (Å²) in [4.78, 5) is 26.0. The molecule has 1 saturated heterocycles. The molecule has 0 spiro atoms. The highest BCUT2D eigenvalue weighted by Crippen LogP contribution is 2.20. The summed E-state index contributed by atoms with van der Waals surface area (Å²) in [6.45, 7) is 4.32. The van der Waals surface area contributed by atoms with Gasteiger partial charge >= 0.3 is 6.03 Å². The van der Waals surface area contributed by atoms with Crippen molar-refractivity contribution in [3.63, 3.8) is 0 Å². The lowest BCUT2D eigenvalue weighted by Gasteiger charge is -2.12. The molecule has 1 aliphatic heterocycles. The molecular formula is C21H21BrN2O3. The summed E-state index contributed by atoms with van der Waals surface area (Å²) in [7, 11) is 0. The van der Waals surface area contributed by atoms with Crippen molar-refractivity contribution in [2.24, 2.45) is 0 Å². The van der Waals surface area contributed by atoms with Gasteiger partial charge in [-0.15, -0.1) is 0 Å². The number of halogens is 1. The molecule has 0 aliphatic carbocycles. The fourth-order valence-corrected chi connectivity index (χ4v) is 2.88. The molecule has 0 radical (unpaired) electrons. The molecule has 0 saturated carbocycles. The number of carbonyl (C=O) groups is 2. The minimum absolute atomic E-state index is 0.150. The quantitative estimate of drug-likeness (QED) is 0.534. The maximum Gasteiger partial charge on any atom is 0.329 e. The zero-order valence-electron chi connectivity index (χ0n) is 15.2. The van der Waals surface area contributed by atoms with Crippen molar-refractivity contribution in [1.82, 2.24) is 10.2 Å². The van der Waals surface area contributed by atoms with Crippen LogP contribution in [0.25, 0.3) is 6.08 Å². The number of imide groups is 1. The first-order chi connectivity index (χ1) is 13.0. The smallest absolute Gasteiger partial charge is 0.329 e. The normalized spacial score (nSPS) is 16.6. The van der Waals surface area contributed by atoms with Gasteiger partial charge in [-0.25, -0.2) is 4.79 Å². The molecule has 6 heteroatoms. The van der Waals surface area contributed by atoms with E-state index in [2.05, 4.69) is 28.2 Å². The summed E-state index contributed by atoms with van der Waals surface area (Å²) >= 11 is 3.37. The summed E-state index contributed by atoms with van der Waals surface area (Å²) in [5.74, 6) is 0.452. The zero-order chi connectivity index (χ0) is 19.4. The van der Waals surface area contributed by atoms with Gasteiger partial charge in [-0.1, -0.05) is 47.1 Å². The maximum absolute atomic E-state index is 12.6. The summed E-state index contributed by atoms with van der Waals surface area (Å²) in [6.07, 6.45) is 2.76. The number of hydrogen-bond donors (Lipinski definition) is 1. The summed E-state index contributed by atoms with van der Waals surface area (Å²) in [6, 6.07) is 14.6. The lowest BCUT2D eigenvalue weighted by molar-refractivity contribution is -0.123. The molecule has 0 unspecified atom stereocenters. The van der Waals surface area contributed by atoms with Crippen LogP contribution in [-0.4, -0.2) is 22.9 Å². The second-order valence-electron chi connectivity index (χ2n) is 6.41. The second kappa shape index (κ2) is 8.39. The number of nitrogens with one attached hydrogen (secondary N) is 1. The van der Waals surface area contributed by atoms with Gasteiger partial charge in [0, 0.05) is 4.47 Å². The van der Waals surface area contributed by atoms with Gasteiger partial charge < -0.3 is 10.1 Å². The fraction of sp³-hybridized carbons (Fsp3) is 0.238. The Bertz CT molecular complexity index is 860. The van der Waals surface area contributed by atoms with E-state index in [1.54, 1.807) is 6.08 Å². The number of carbonyl (C=O) groups excluding carboxylic acids is 2. The Balaban J connectivity index is 1.71. The van der Waals surface area contributed by atoms with Crippen LogP contribution in [-0.2, 0) is 11.3 Å². The van der Waals surface area contributed by atoms with Crippen molar-refractivity contribution in [2.45, 2.75) is 32.9 Å². The van der Waals surface area contributed by atoms with Crippen molar-refractivity contribution in [2.75, 3.05) is 0 Å². The molecule has 27 heavy (non-hydrogen) atoms. The third-order valence-electron chi connectivity index (χ3n) is 4.32. The third kappa shape index (κ3) is 4.77. The molecule has 0 bridgehead atoms. The van der Waals surface area contributed by atoms with E-state index in [-0.39, 0.29) is 24.3 Å². The molecule has 140 valence electrons. The van der Waals surface area contributed by atoms with Crippen LogP contribution in [0.1, 0.15) is 31.4 Å². The first kappa shape index (κ1) is 19.2. The minimum Gasteiger partial charge on any atom is -0.491 e. The first-order valence-electron chi connectivity index (χ1n) is 8.82. The lowest BCUT2D eigenvalue weighted by Crippen LogP contribution is -2.30. The Kier molecular flexibility index (Phi) is 5.96. The molecule has 2 aromatic rings. The number of rotatable bonds is 6. The molecular weight excluding hydrogens is 408 g/mol. The van der Waals surface area contributed by atoms with Crippen LogP contribution in [0.15, 0.2) is 58.7 Å². The lowest BCUT2D eigenvalue weighted by atomic mass is 10.1. The van der Waals surface area contributed by atoms with Crippen LogP contribution < -0.4 is 10.1 Å². The van der Waals surface area contributed by atoms with E-state index < -0.39 is 6.03 Å². The largest absolute Gasteiger partial charge is 0.491 e. The molecule has 1 heterocycles. The van der Waals surface area contributed by atoms with Gasteiger partial charge in [0.25, 0.3) is 5.91 Å². The molecule has 2 aromatic carbocycles. The van der Waals surface area contributed by atoms with E-state index >= 15 is 0 Å². The van der Waals surface area contributed by atoms with Crippen LogP contribution in [0.5, 0.6) is 5.75 Å². The van der Waals surface area contributed by atoms with Gasteiger partial charge in [0.2, 0.25) is 0 Å². The first-order valence-corrected chi connectivity index (χ1v) is 9.61. The molecule has 1 fully saturated rings. The van der Waals surface area contributed by atoms with Crippen LogP contribution in [0.2, 0.25) is 0 Å². The fourth-order valence-electron chi connectivity index (χ4n) is 2.61. The predicted molar refractivity (Wildman–Crippen MR) is 108 cm³/mol. The summed E-state index contributed by atoms with van der Waals surface area (Å²) in [5, 5.41) is 2.65. The summed E-state index contributed by atoms with van der Waals surface area (Å²) in [5.41, 5.74) is 1.97. The third-order valence-corrected chi connectivity index (χ3v) is 4.85. The Morgan fingerprint density at radius 1 is 1.11 bits per heavy atom. The van der Waals surface area contributed by atoms with Crippen LogP contribution in [0.3, 0.4) is 0 Å². The molecule has 5 nitrogen and oxygen atoms in total.